The summed E-state index contributed by atoms with van der Waals surface area (Å²) >= 11 is 0. The summed E-state index contributed by atoms with van der Waals surface area (Å²) in [5.74, 6) is 0.657. The van der Waals surface area contributed by atoms with Crippen molar-refractivity contribution in [1.82, 2.24) is 5.32 Å². The van der Waals surface area contributed by atoms with E-state index in [9.17, 15) is 0 Å². The van der Waals surface area contributed by atoms with Crippen LogP contribution in [0.15, 0.2) is 42.5 Å². The minimum absolute atomic E-state index is 0.157. The van der Waals surface area contributed by atoms with E-state index in [1.165, 1.54) is 16.3 Å². The van der Waals surface area contributed by atoms with Crippen LogP contribution in [0.3, 0.4) is 0 Å². The van der Waals surface area contributed by atoms with Crippen molar-refractivity contribution in [3.05, 3.63) is 48.0 Å². The molecule has 2 atom stereocenters. The fourth-order valence-corrected chi connectivity index (χ4v) is 3.06. The van der Waals surface area contributed by atoms with E-state index in [0.29, 0.717) is 12.0 Å². The summed E-state index contributed by atoms with van der Waals surface area (Å²) in [6.45, 7) is 6.28. The summed E-state index contributed by atoms with van der Waals surface area (Å²) in [4.78, 5) is 0. The Morgan fingerprint density at radius 1 is 1.10 bits per heavy atom. The van der Waals surface area contributed by atoms with Crippen LogP contribution in [0.4, 0.5) is 0 Å². The number of ether oxygens (including phenoxy) is 1. The molecule has 1 fully saturated rings. The molecule has 1 aliphatic rings. The third-order valence-corrected chi connectivity index (χ3v) is 4.29. The zero-order chi connectivity index (χ0) is 13.9. The van der Waals surface area contributed by atoms with Gasteiger partial charge in [-0.2, -0.15) is 0 Å². The molecule has 0 spiro atoms. The molecule has 3 rings (SSSR count). The van der Waals surface area contributed by atoms with Crippen molar-refractivity contribution in [3.63, 3.8) is 0 Å². The minimum Gasteiger partial charge on any atom is -0.372 e. The van der Waals surface area contributed by atoms with Crippen molar-refractivity contribution in [2.45, 2.75) is 32.4 Å². The third-order valence-electron chi connectivity index (χ3n) is 4.29. The Morgan fingerprint density at radius 2 is 1.90 bits per heavy atom. The Bertz CT molecular complexity index is 573. The first-order valence-corrected chi connectivity index (χ1v) is 7.58. The summed E-state index contributed by atoms with van der Waals surface area (Å²) in [5, 5.41) is 6.27. The van der Waals surface area contributed by atoms with Gasteiger partial charge >= 0.3 is 0 Å². The molecule has 0 amide bonds. The molecule has 1 saturated heterocycles. The smallest absolute Gasteiger partial charge is 0.0955 e. The first-order valence-electron chi connectivity index (χ1n) is 7.58. The second kappa shape index (κ2) is 5.94. The van der Waals surface area contributed by atoms with E-state index in [2.05, 4.69) is 61.6 Å². The summed E-state index contributed by atoms with van der Waals surface area (Å²) < 4.78 is 6.12. The zero-order valence-electron chi connectivity index (χ0n) is 12.3. The van der Waals surface area contributed by atoms with Crippen LogP contribution in [-0.4, -0.2) is 19.2 Å². The van der Waals surface area contributed by atoms with Crippen molar-refractivity contribution in [2.75, 3.05) is 13.2 Å². The van der Waals surface area contributed by atoms with Gasteiger partial charge in [0, 0.05) is 19.2 Å². The van der Waals surface area contributed by atoms with Crippen LogP contribution in [0, 0.1) is 5.92 Å². The highest BCUT2D eigenvalue weighted by Crippen LogP contribution is 2.28. The quantitative estimate of drug-likeness (QED) is 0.892. The molecule has 2 unspecified atom stereocenters. The predicted molar refractivity (Wildman–Crippen MR) is 83.9 cm³/mol. The first-order chi connectivity index (χ1) is 9.75. The molecule has 0 bridgehead atoms. The number of fused-ring (bicyclic) bond motifs is 1. The molecule has 2 nitrogen and oxygen atoms in total. The van der Waals surface area contributed by atoms with Crippen LogP contribution in [0.2, 0.25) is 0 Å². The van der Waals surface area contributed by atoms with Crippen molar-refractivity contribution < 1.29 is 4.74 Å². The van der Waals surface area contributed by atoms with Crippen LogP contribution in [0.1, 0.15) is 31.9 Å². The predicted octanol–water partition coefficient (Wildman–Crippen LogP) is 3.92. The van der Waals surface area contributed by atoms with Gasteiger partial charge in [-0.1, -0.05) is 56.3 Å². The molecule has 2 aromatic carbocycles. The normalized spacial score (nSPS) is 23.9. The van der Waals surface area contributed by atoms with Gasteiger partial charge in [0.2, 0.25) is 0 Å². The van der Waals surface area contributed by atoms with E-state index in [1.54, 1.807) is 0 Å². The Kier molecular flexibility index (Phi) is 4.04. The summed E-state index contributed by atoms with van der Waals surface area (Å²) in [6, 6.07) is 15.6. The number of benzene rings is 2. The van der Waals surface area contributed by atoms with E-state index in [-0.39, 0.29) is 6.10 Å². The molecule has 1 heterocycles. The van der Waals surface area contributed by atoms with E-state index in [1.807, 2.05) is 0 Å². The fourth-order valence-electron chi connectivity index (χ4n) is 3.06. The maximum absolute atomic E-state index is 6.12. The molecule has 106 valence electrons. The van der Waals surface area contributed by atoms with Gasteiger partial charge in [-0.15, -0.1) is 0 Å². The molecular formula is C18H23NO. The SMILES string of the molecule is CC(C)C1CCOC(c2cccc3ccccc23)CN1. The largest absolute Gasteiger partial charge is 0.372 e. The van der Waals surface area contributed by atoms with Crippen molar-refractivity contribution in [2.24, 2.45) is 5.92 Å². The molecule has 0 radical (unpaired) electrons. The molecule has 1 N–H and O–H groups in total. The van der Waals surface area contributed by atoms with Crippen LogP contribution < -0.4 is 5.32 Å². The second-order valence-corrected chi connectivity index (χ2v) is 5.98. The lowest BCUT2D eigenvalue weighted by molar-refractivity contribution is 0.0670. The average molecular weight is 269 g/mol. The highest BCUT2D eigenvalue weighted by molar-refractivity contribution is 5.86. The van der Waals surface area contributed by atoms with Gasteiger partial charge in [0.1, 0.15) is 0 Å². The zero-order valence-corrected chi connectivity index (χ0v) is 12.3. The molecule has 0 saturated carbocycles. The Labute approximate surface area is 121 Å². The topological polar surface area (TPSA) is 21.3 Å². The molecule has 20 heavy (non-hydrogen) atoms. The Hall–Kier alpha value is -1.38. The van der Waals surface area contributed by atoms with Gasteiger partial charge in [-0.05, 0) is 28.7 Å². The highest BCUT2D eigenvalue weighted by Gasteiger charge is 2.22. The van der Waals surface area contributed by atoms with Crippen molar-refractivity contribution in [3.8, 4) is 0 Å². The molecule has 2 aromatic rings. The number of hydrogen-bond acceptors (Lipinski definition) is 2. The summed E-state index contributed by atoms with van der Waals surface area (Å²) in [5.41, 5.74) is 1.31. The highest BCUT2D eigenvalue weighted by atomic mass is 16.5. The Morgan fingerprint density at radius 3 is 2.75 bits per heavy atom. The van der Waals surface area contributed by atoms with Crippen molar-refractivity contribution >= 4 is 10.8 Å². The molecule has 0 aromatic heterocycles. The summed E-state index contributed by atoms with van der Waals surface area (Å²) in [6.07, 6.45) is 1.25. The number of nitrogens with one attached hydrogen (secondary N) is 1. The van der Waals surface area contributed by atoms with Crippen LogP contribution in [0.5, 0.6) is 0 Å². The maximum Gasteiger partial charge on any atom is 0.0955 e. The lowest BCUT2D eigenvalue weighted by atomic mass is 9.99. The van der Waals surface area contributed by atoms with E-state index in [0.717, 1.165) is 19.6 Å². The first kappa shape index (κ1) is 13.6. The van der Waals surface area contributed by atoms with Gasteiger partial charge in [0.15, 0.2) is 0 Å². The molecular weight excluding hydrogens is 246 g/mol. The van der Waals surface area contributed by atoms with E-state index < -0.39 is 0 Å². The van der Waals surface area contributed by atoms with E-state index >= 15 is 0 Å². The fraction of sp³-hybridized carbons (Fsp3) is 0.444. The van der Waals surface area contributed by atoms with Crippen LogP contribution >= 0.6 is 0 Å². The van der Waals surface area contributed by atoms with Gasteiger partial charge < -0.3 is 10.1 Å². The molecule has 2 heteroatoms. The van der Waals surface area contributed by atoms with Gasteiger partial charge in [0.25, 0.3) is 0 Å². The lowest BCUT2D eigenvalue weighted by Crippen LogP contribution is -2.34. The monoisotopic (exact) mass is 269 g/mol. The standard InChI is InChI=1S/C18H23NO/c1-13(2)17-10-11-20-18(12-19-17)16-9-5-7-14-6-3-4-8-15(14)16/h3-9,13,17-19H,10-12H2,1-2H3. The Balaban J connectivity index is 1.88. The second-order valence-electron chi connectivity index (χ2n) is 5.98. The number of hydrogen-bond donors (Lipinski definition) is 1. The van der Waals surface area contributed by atoms with Crippen LogP contribution in [0.25, 0.3) is 10.8 Å². The van der Waals surface area contributed by atoms with Gasteiger partial charge in [-0.3, -0.25) is 0 Å². The van der Waals surface area contributed by atoms with E-state index in [4.69, 9.17) is 4.74 Å². The number of rotatable bonds is 2. The van der Waals surface area contributed by atoms with Gasteiger partial charge in [0.05, 0.1) is 6.10 Å². The van der Waals surface area contributed by atoms with Crippen LogP contribution in [-0.2, 0) is 4.74 Å². The summed E-state index contributed by atoms with van der Waals surface area (Å²) in [7, 11) is 0. The molecule has 1 aliphatic heterocycles. The molecule has 0 aliphatic carbocycles. The van der Waals surface area contributed by atoms with Gasteiger partial charge in [-0.25, -0.2) is 0 Å². The minimum atomic E-state index is 0.157. The maximum atomic E-state index is 6.12. The third kappa shape index (κ3) is 2.72. The average Bonchev–Trinajstić information content (AvgIpc) is 2.72. The lowest BCUT2D eigenvalue weighted by Gasteiger charge is -2.20. The van der Waals surface area contributed by atoms with Crippen molar-refractivity contribution in [1.29, 1.82) is 0 Å².